The van der Waals surface area contributed by atoms with Crippen molar-refractivity contribution in [3.05, 3.63) is 0 Å². The van der Waals surface area contributed by atoms with Crippen LogP contribution in [0.25, 0.3) is 0 Å². The van der Waals surface area contributed by atoms with E-state index in [-0.39, 0.29) is 0 Å². The van der Waals surface area contributed by atoms with Gasteiger partial charge in [0.2, 0.25) is 0 Å². The van der Waals surface area contributed by atoms with Crippen LogP contribution in [0.2, 0.25) is 0 Å². The second-order valence-corrected chi connectivity index (χ2v) is 5.53. The van der Waals surface area contributed by atoms with E-state index in [9.17, 15) is 0 Å². The Hall–Kier alpha value is 0.430. The molecule has 2 aliphatic rings. The summed E-state index contributed by atoms with van der Waals surface area (Å²) in [7, 11) is 3.06. The van der Waals surface area contributed by atoms with Gasteiger partial charge < -0.3 is 0 Å². The molecule has 0 aliphatic heterocycles. The Balaban J connectivity index is 2.15. The van der Waals surface area contributed by atoms with Crippen molar-refractivity contribution < 1.29 is 0 Å². The molecule has 2 rings (SSSR count). The van der Waals surface area contributed by atoms with Gasteiger partial charge >= 0.3 is 0 Å². The highest BCUT2D eigenvalue weighted by atomic mass is 31.0. The van der Waals surface area contributed by atoms with Crippen LogP contribution >= 0.6 is 9.24 Å². The number of hydrogen-bond donors (Lipinski definition) is 0. The average molecular weight is 170 g/mol. The van der Waals surface area contributed by atoms with Crippen LogP contribution in [0.15, 0.2) is 0 Å². The lowest BCUT2D eigenvalue weighted by Crippen LogP contribution is -2.14. The zero-order valence-electron chi connectivity index (χ0n) is 7.59. The van der Waals surface area contributed by atoms with Crippen LogP contribution < -0.4 is 0 Å². The van der Waals surface area contributed by atoms with Crippen LogP contribution in [0.5, 0.6) is 0 Å². The van der Waals surface area contributed by atoms with Crippen LogP contribution in [-0.4, -0.2) is 5.66 Å². The highest BCUT2D eigenvalue weighted by Crippen LogP contribution is 2.52. The molecule has 2 aliphatic carbocycles. The predicted octanol–water partition coefficient (Wildman–Crippen LogP) is 2.93. The van der Waals surface area contributed by atoms with Crippen LogP contribution in [0.3, 0.4) is 0 Å². The van der Waals surface area contributed by atoms with E-state index in [4.69, 9.17) is 0 Å². The lowest BCUT2D eigenvalue weighted by molar-refractivity contribution is 0.302. The molecule has 6 atom stereocenters. The van der Waals surface area contributed by atoms with E-state index in [0.29, 0.717) is 0 Å². The minimum atomic E-state index is 0.944. The number of rotatable bonds is 0. The maximum absolute atomic E-state index is 3.06. The molecule has 0 nitrogen and oxygen atoms in total. The fourth-order valence-corrected chi connectivity index (χ4v) is 4.38. The molecule has 0 aromatic carbocycles. The fourth-order valence-electron chi connectivity index (χ4n) is 3.51. The molecule has 64 valence electrons. The molecule has 2 fully saturated rings. The Labute approximate surface area is 72.3 Å². The SMILES string of the molecule is CC1CCC2C(P)CC(C)C12. The summed E-state index contributed by atoms with van der Waals surface area (Å²) < 4.78 is 0. The molecular weight excluding hydrogens is 151 g/mol. The molecule has 2 saturated carbocycles. The van der Waals surface area contributed by atoms with Crippen molar-refractivity contribution in [3.63, 3.8) is 0 Å². The minimum Gasteiger partial charge on any atom is -0.134 e. The van der Waals surface area contributed by atoms with Gasteiger partial charge in [0.25, 0.3) is 0 Å². The van der Waals surface area contributed by atoms with Crippen molar-refractivity contribution in [2.24, 2.45) is 23.7 Å². The lowest BCUT2D eigenvalue weighted by Gasteiger charge is -2.19. The molecule has 0 aromatic heterocycles. The Morgan fingerprint density at radius 2 is 1.82 bits per heavy atom. The first-order valence-corrected chi connectivity index (χ1v) is 5.62. The molecule has 0 heterocycles. The second-order valence-electron chi connectivity index (χ2n) is 4.67. The van der Waals surface area contributed by atoms with Crippen LogP contribution in [-0.2, 0) is 0 Å². The molecule has 0 saturated heterocycles. The highest BCUT2D eigenvalue weighted by molar-refractivity contribution is 7.17. The van der Waals surface area contributed by atoms with Crippen molar-refractivity contribution in [2.45, 2.75) is 38.8 Å². The summed E-state index contributed by atoms with van der Waals surface area (Å²) in [6, 6.07) is 0. The van der Waals surface area contributed by atoms with E-state index in [1.807, 2.05) is 0 Å². The molecule has 0 bridgehead atoms. The summed E-state index contributed by atoms with van der Waals surface area (Å²) in [5, 5.41) is 0. The molecule has 1 heteroatoms. The minimum absolute atomic E-state index is 0.944. The Morgan fingerprint density at radius 1 is 1.09 bits per heavy atom. The summed E-state index contributed by atoms with van der Waals surface area (Å²) >= 11 is 0. The molecule has 0 aromatic rings. The molecule has 11 heavy (non-hydrogen) atoms. The third-order valence-corrected chi connectivity index (χ3v) is 4.72. The van der Waals surface area contributed by atoms with E-state index in [1.54, 1.807) is 0 Å². The van der Waals surface area contributed by atoms with E-state index in [1.165, 1.54) is 19.3 Å². The third kappa shape index (κ3) is 1.15. The Morgan fingerprint density at radius 3 is 2.45 bits per heavy atom. The van der Waals surface area contributed by atoms with Gasteiger partial charge in [0.15, 0.2) is 0 Å². The summed E-state index contributed by atoms with van der Waals surface area (Å²) in [5.74, 6) is 4.14. The normalized spacial score (nSPS) is 56.5. The largest absolute Gasteiger partial charge is 0.134 e. The highest BCUT2D eigenvalue weighted by Gasteiger charge is 2.45. The van der Waals surface area contributed by atoms with E-state index < -0.39 is 0 Å². The maximum atomic E-state index is 3.06. The second kappa shape index (κ2) is 2.73. The molecule has 0 amide bonds. The fraction of sp³-hybridized carbons (Fsp3) is 1.00. The van der Waals surface area contributed by atoms with E-state index in [0.717, 1.165) is 29.3 Å². The topological polar surface area (TPSA) is 0 Å². The Bertz CT molecular complexity index is 155. The molecule has 0 radical (unpaired) electrons. The summed E-state index contributed by atoms with van der Waals surface area (Å²) in [4.78, 5) is 0. The van der Waals surface area contributed by atoms with E-state index >= 15 is 0 Å². The average Bonchev–Trinajstić information content (AvgIpc) is 2.41. The van der Waals surface area contributed by atoms with Crippen molar-refractivity contribution in [1.82, 2.24) is 0 Å². The number of hydrogen-bond acceptors (Lipinski definition) is 0. The maximum Gasteiger partial charge on any atom is -0.0230 e. The van der Waals surface area contributed by atoms with Crippen LogP contribution in [0, 0.1) is 23.7 Å². The van der Waals surface area contributed by atoms with Crippen molar-refractivity contribution in [2.75, 3.05) is 0 Å². The van der Waals surface area contributed by atoms with Gasteiger partial charge in [-0.1, -0.05) is 20.3 Å². The van der Waals surface area contributed by atoms with Gasteiger partial charge in [-0.15, -0.1) is 9.24 Å². The summed E-state index contributed by atoms with van der Waals surface area (Å²) in [6.07, 6.45) is 4.46. The number of fused-ring (bicyclic) bond motifs is 1. The monoisotopic (exact) mass is 170 g/mol. The smallest absolute Gasteiger partial charge is 0.0230 e. The molecular formula is C10H19P. The Kier molecular flexibility index (Phi) is 2.00. The first-order chi connectivity index (χ1) is 5.20. The van der Waals surface area contributed by atoms with Gasteiger partial charge in [0.1, 0.15) is 0 Å². The van der Waals surface area contributed by atoms with Gasteiger partial charge in [-0.25, -0.2) is 0 Å². The third-order valence-electron chi connectivity index (χ3n) is 3.96. The zero-order chi connectivity index (χ0) is 8.01. The summed E-state index contributed by atoms with van der Waals surface area (Å²) in [5.41, 5.74) is 0.944. The van der Waals surface area contributed by atoms with Gasteiger partial charge in [-0.2, -0.15) is 0 Å². The van der Waals surface area contributed by atoms with Crippen molar-refractivity contribution >= 4 is 9.24 Å². The van der Waals surface area contributed by atoms with Gasteiger partial charge in [-0.3, -0.25) is 0 Å². The van der Waals surface area contributed by atoms with Crippen LogP contribution in [0.1, 0.15) is 33.1 Å². The first kappa shape index (κ1) is 8.05. The van der Waals surface area contributed by atoms with Gasteiger partial charge in [0.05, 0.1) is 0 Å². The van der Waals surface area contributed by atoms with E-state index in [2.05, 4.69) is 23.1 Å². The summed E-state index contributed by atoms with van der Waals surface area (Å²) in [6.45, 7) is 4.90. The quantitative estimate of drug-likeness (QED) is 0.490. The van der Waals surface area contributed by atoms with Gasteiger partial charge in [-0.05, 0) is 42.2 Å². The molecule has 0 N–H and O–H groups in total. The molecule has 6 unspecified atom stereocenters. The predicted molar refractivity (Wildman–Crippen MR) is 52.7 cm³/mol. The lowest BCUT2D eigenvalue weighted by atomic mass is 9.87. The van der Waals surface area contributed by atoms with Crippen molar-refractivity contribution in [3.8, 4) is 0 Å². The first-order valence-electron chi connectivity index (χ1n) is 4.95. The van der Waals surface area contributed by atoms with Crippen molar-refractivity contribution in [1.29, 1.82) is 0 Å². The zero-order valence-corrected chi connectivity index (χ0v) is 8.74. The standard InChI is InChI=1S/C10H19P/c1-6-3-4-8-9(11)5-7(2)10(6)8/h6-10H,3-5,11H2,1-2H3. The van der Waals surface area contributed by atoms with Gasteiger partial charge in [0, 0.05) is 0 Å². The molecule has 0 spiro atoms. The van der Waals surface area contributed by atoms with Crippen LogP contribution in [0.4, 0.5) is 0 Å².